The van der Waals surface area contributed by atoms with E-state index in [2.05, 4.69) is 6.58 Å². The highest BCUT2D eigenvalue weighted by Gasteiger charge is 2.38. The van der Waals surface area contributed by atoms with Gasteiger partial charge in [0.2, 0.25) is 5.88 Å². The largest absolute Gasteiger partial charge is 0.459 e. The Morgan fingerprint density at radius 1 is 1.38 bits per heavy atom. The van der Waals surface area contributed by atoms with Gasteiger partial charge in [-0.15, -0.1) is 0 Å². The molecule has 29 heavy (non-hydrogen) atoms. The fourth-order valence-corrected chi connectivity index (χ4v) is 2.96. The molecule has 0 aromatic heterocycles. The van der Waals surface area contributed by atoms with Gasteiger partial charge in [0, 0.05) is 16.2 Å². The van der Waals surface area contributed by atoms with Crippen LogP contribution < -0.4 is 5.73 Å². The Balaban J connectivity index is 2.34. The Kier molecular flexibility index (Phi) is 7.02. The molecule has 7 nitrogen and oxygen atoms in total. The standard InChI is InChI=1S/C20H18ClFN2O5/c1-10(2)19(25)27-7-8-28-20(26)15-11(3)29-18(24)12(9-23)16(15)17-13(21)5-4-6-14(17)22/h4-6,16H,1,7-8,24H2,2-3H3/t16-/m0/s1. The van der Waals surface area contributed by atoms with Crippen LogP contribution in [0.4, 0.5) is 4.39 Å². The maximum absolute atomic E-state index is 14.6. The molecule has 0 unspecified atom stereocenters. The summed E-state index contributed by atoms with van der Waals surface area (Å²) in [5.74, 6) is -3.68. The van der Waals surface area contributed by atoms with Gasteiger partial charge in [0.1, 0.15) is 36.4 Å². The van der Waals surface area contributed by atoms with Crippen LogP contribution in [0.5, 0.6) is 0 Å². The van der Waals surface area contributed by atoms with E-state index in [1.165, 1.54) is 26.0 Å². The molecule has 0 aliphatic carbocycles. The van der Waals surface area contributed by atoms with E-state index in [1.54, 1.807) is 0 Å². The minimum atomic E-state index is -1.21. The zero-order chi connectivity index (χ0) is 21.7. The SMILES string of the molecule is C=C(C)C(=O)OCCOC(=O)C1=C(C)OC(N)=C(C#N)[C@@H]1c1c(F)cccc1Cl. The molecule has 9 heteroatoms. The van der Waals surface area contributed by atoms with Crippen LogP contribution in [-0.2, 0) is 23.8 Å². The van der Waals surface area contributed by atoms with Crippen LogP contribution in [-0.4, -0.2) is 25.2 Å². The lowest BCUT2D eigenvalue weighted by atomic mass is 9.82. The molecule has 1 aromatic rings. The average Bonchev–Trinajstić information content (AvgIpc) is 2.64. The van der Waals surface area contributed by atoms with Gasteiger partial charge in [0.25, 0.3) is 0 Å². The maximum Gasteiger partial charge on any atom is 0.338 e. The van der Waals surface area contributed by atoms with Crippen molar-refractivity contribution in [1.82, 2.24) is 0 Å². The van der Waals surface area contributed by atoms with Crippen molar-refractivity contribution in [3.8, 4) is 6.07 Å². The van der Waals surface area contributed by atoms with E-state index in [4.69, 9.17) is 31.5 Å². The first-order chi connectivity index (χ1) is 13.7. The number of nitrogens with two attached hydrogens (primary N) is 1. The highest BCUT2D eigenvalue weighted by atomic mass is 35.5. The predicted octanol–water partition coefficient (Wildman–Crippen LogP) is 3.22. The van der Waals surface area contributed by atoms with Gasteiger partial charge in [-0.3, -0.25) is 0 Å². The normalized spacial score (nSPS) is 16.0. The lowest BCUT2D eigenvalue weighted by molar-refractivity contribution is -0.147. The van der Waals surface area contributed by atoms with Crippen molar-refractivity contribution in [2.75, 3.05) is 13.2 Å². The zero-order valence-corrected chi connectivity index (χ0v) is 16.5. The first kappa shape index (κ1) is 22.0. The molecule has 1 heterocycles. The highest BCUT2D eigenvalue weighted by Crippen LogP contribution is 2.43. The summed E-state index contributed by atoms with van der Waals surface area (Å²) in [6.45, 7) is 5.86. The molecule has 0 spiro atoms. The van der Waals surface area contributed by atoms with Crippen LogP contribution in [0.25, 0.3) is 0 Å². The van der Waals surface area contributed by atoms with Crippen molar-refractivity contribution < 1.29 is 28.2 Å². The van der Waals surface area contributed by atoms with Gasteiger partial charge in [-0.1, -0.05) is 24.2 Å². The first-order valence-corrected chi connectivity index (χ1v) is 8.78. The summed E-state index contributed by atoms with van der Waals surface area (Å²) in [5.41, 5.74) is 5.56. The second-order valence-electron chi connectivity index (χ2n) is 6.08. The number of ether oxygens (including phenoxy) is 3. The number of esters is 2. The minimum absolute atomic E-state index is 0.00550. The van der Waals surface area contributed by atoms with E-state index in [0.717, 1.165) is 6.07 Å². The van der Waals surface area contributed by atoms with E-state index in [9.17, 15) is 19.2 Å². The van der Waals surface area contributed by atoms with E-state index in [-0.39, 0.29) is 52.2 Å². The summed E-state index contributed by atoms with van der Waals surface area (Å²) in [4.78, 5) is 24.1. The number of nitriles is 1. The summed E-state index contributed by atoms with van der Waals surface area (Å²) in [5, 5.41) is 9.52. The molecule has 1 aliphatic rings. The van der Waals surface area contributed by atoms with Gasteiger partial charge in [0.05, 0.1) is 11.5 Å². The molecule has 0 bridgehead atoms. The van der Waals surface area contributed by atoms with Crippen LogP contribution >= 0.6 is 11.6 Å². The van der Waals surface area contributed by atoms with E-state index >= 15 is 0 Å². The van der Waals surface area contributed by atoms with Gasteiger partial charge >= 0.3 is 11.9 Å². The predicted molar refractivity (Wildman–Crippen MR) is 101 cm³/mol. The smallest absolute Gasteiger partial charge is 0.338 e. The third kappa shape index (κ3) is 4.76. The zero-order valence-electron chi connectivity index (χ0n) is 15.8. The number of rotatable bonds is 6. The van der Waals surface area contributed by atoms with E-state index in [1.807, 2.05) is 6.07 Å². The summed E-state index contributed by atoms with van der Waals surface area (Å²) >= 11 is 6.15. The summed E-state index contributed by atoms with van der Waals surface area (Å²) in [6.07, 6.45) is 0. The van der Waals surface area contributed by atoms with Crippen molar-refractivity contribution >= 4 is 23.5 Å². The maximum atomic E-state index is 14.6. The molecule has 2 rings (SSSR count). The molecule has 1 aromatic carbocycles. The Bertz CT molecular complexity index is 957. The minimum Gasteiger partial charge on any atom is -0.459 e. The van der Waals surface area contributed by atoms with Crippen LogP contribution in [0.15, 0.2) is 53.1 Å². The highest BCUT2D eigenvalue weighted by molar-refractivity contribution is 6.31. The monoisotopic (exact) mass is 420 g/mol. The van der Waals surface area contributed by atoms with Crippen LogP contribution in [0.1, 0.15) is 25.3 Å². The number of benzene rings is 1. The fourth-order valence-electron chi connectivity index (χ4n) is 2.69. The van der Waals surface area contributed by atoms with Gasteiger partial charge < -0.3 is 19.9 Å². The van der Waals surface area contributed by atoms with Gasteiger partial charge in [-0.2, -0.15) is 5.26 Å². The molecular weight excluding hydrogens is 403 g/mol. The molecule has 0 amide bonds. The number of nitrogens with zero attached hydrogens (tertiary/aromatic N) is 1. The average molecular weight is 421 g/mol. The lowest BCUT2D eigenvalue weighted by Gasteiger charge is -2.27. The molecule has 1 aliphatic heterocycles. The van der Waals surface area contributed by atoms with Crippen molar-refractivity contribution in [2.24, 2.45) is 5.73 Å². The molecule has 152 valence electrons. The quantitative estimate of drug-likeness (QED) is 0.427. The molecule has 1 atom stereocenters. The Morgan fingerprint density at radius 3 is 2.62 bits per heavy atom. The summed E-state index contributed by atoms with van der Waals surface area (Å²) in [6, 6.07) is 5.81. The number of halogens is 2. The fraction of sp³-hybridized carbons (Fsp3) is 0.250. The Morgan fingerprint density at radius 2 is 2.03 bits per heavy atom. The number of carbonyl (C=O) groups excluding carboxylic acids is 2. The molecular formula is C20H18ClFN2O5. The van der Waals surface area contributed by atoms with Crippen molar-refractivity contribution in [3.05, 3.63) is 69.5 Å². The molecule has 0 fully saturated rings. The van der Waals surface area contributed by atoms with Gasteiger partial charge in [-0.05, 0) is 26.0 Å². The van der Waals surface area contributed by atoms with E-state index in [0.29, 0.717) is 0 Å². The molecule has 0 saturated heterocycles. The first-order valence-electron chi connectivity index (χ1n) is 8.41. The second-order valence-corrected chi connectivity index (χ2v) is 6.49. The second kappa shape index (κ2) is 9.26. The number of hydrogen-bond acceptors (Lipinski definition) is 7. The number of allylic oxidation sites excluding steroid dienone is 2. The lowest BCUT2D eigenvalue weighted by Crippen LogP contribution is -2.27. The van der Waals surface area contributed by atoms with E-state index < -0.39 is 23.7 Å². The Labute approximate surface area is 171 Å². The van der Waals surface area contributed by atoms with Crippen molar-refractivity contribution in [3.63, 3.8) is 0 Å². The van der Waals surface area contributed by atoms with Gasteiger partial charge in [0.15, 0.2) is 0 Å². The van der Waals surface area contributed by atoms with Gasteiger partial charge in [-0.25, -0.2) is 14.0 Å². The third-order valence-corrected chi connectivity index (χ3v) is 4.34. The molecule has 0 radical (unpaired) electrons. The van der Waals surface area contributed by atoms with Crippen LogP contribution in [0.3, 0.4) is 0 Å². The molecule has 2 N–H and O–H groups in total. The topological polar surface area (TPSA) is 112 Å². The van der Waals surface area contributed by atoms with Crippen molar-refractivity contribution in [1.29, 1.82) is 5.26 Å². The third-order valence-electron chi connectivity index (χ3n) is 4.01. The number of hydrogen-bond donors (Lipinski definition) is 1. The summed E-state index contributed by atoms with van der Waals surface area (Å²) < 4.78 is 29.8. The number of carbonyl (C=O) groups is 2. The van der Waals surface area contributed by atoms with Crippen LogP contribution in [0, 0.1) is 17.1 Å². The van der Waals surface area contributed by atoms with Crippen LogP contribution in [0.2, 0.25) is 5.02 Å². The Hall–Kier alpha value is -3.31. The molecule has 0 saturated carbocycles. The summed E-state index contributed by atoms with van der Waals surface area (Å²) in [7, 11) is 0. The van der Waals surface area contributed by atoms with Crippen molar-refractivity contribution in [2.45, 2.75) is 19.8 Å².